The van der Waals surface area contributed by atoms with Gasteiger partial charge in [-0.1, -0.05) is 20.8 Å². The van der Waals surface area contributed by atoms with E-state index in [1.807, 2.05) is 0 Å². The van der Waals surface area contributed by atoms with Crippen LogP contribution in [-0.2, 0) is 0 Å². The Morgan fingerprint density at radius 1 is 1.50 bits per heavy atom. The molecule has 0 bridgehead atoms. The zero-order valence-electron chi connectivity index (χ0n) is 7.02. The van der Waals surface area contributed by atoms with E-state index in [-0.39, 0.29) is 11.5 Å². The van der Waals surface area contributed by atoms with Crippen LogP contribution in [0.15, 0.2) is 0 Å². The van der Waals surface area contributed by atoms with Crippen molar-refractivity contribution in [2.24, 2.45) is 5.41 Å². The van der Waals surface area contributed by atoms with Gasteiger partial charge in [-0.05, 0) is 11.8 Å². The van der Waals surface area contributed by atoms with Gasteiger partial charge in [0.05, 0.1) is 6.10 Å². The van der Waals surface area contributed by atoms with Gasteiger partial charge in [0.15, 0.2) is 0 Å². The van der Waals surface area contributed by atoms with E-state index in [1.54, 1.807) is 0 Å². The Bertz CT molecular complexity index is 125. The van der Waals surface area contributed by atoms with Gasteiger partial charge < -0.3 is 5.11 Å². The molecule has 58 valence electrons. The smallest absolute Gasteiger partial charge is 0.0654 e. The maximum absolute atomic E-state index is 9.24. The van der Waals surface area contributed by atoms with E-state index in [0.717, 1.165) is 6.42 Å². The van der Waals surface area contributed by atoms with Crippen molar-refractivity contribution in [3.8, 4) is 12.3 Å². The summed E-state index contributed by atoms with van der Waals surface area (Å²) in [6.07, 6.45) is 5.95. The summed E-state index contributed by atoms with van der Waals surface area (Å²) in [5, 5.41) is 9.24. The first-order chi connectivity index (χ1) is 4.45. The van der Waals surface area contributed by atoms with E-state index in [1.165, 1.54) is 0 Å². The summed E-state index contributed by atoms with van der Waals surface area (Å²) in [5.74, 6) is 2.44. The van der Waals surface area contributed by atoms with E-state index in [9.17, 15) is 5.11 Å². The maximum Gasteiger partial charge on any atom is 0.0654 e. The minimum atomic E-state index is -0.329. The zero-order valence-corrected chi connectivity index (χ0v) is 7.02. The number of rotatable bonds is 2. The van der Waals surface area contributed by atoms with Gasteiger partial charge in [0.1, 0.15) is 0 Å². The lowest BCUT2D eigenvalue weighted by molar-refractivity contribution is 0.126. The zero-order chi connectivity index (χ0) is 8.20. The van der Waals surface area contributed by atoms with Gasteiger partial charge in [0.2, 0.25) is 0 Å². The Labute approximate surface area is 63.5 Å². The molecule has 0 rings (SSSR count). The summed E-state index contributed by atoms with van der Waals surface area (Å²) in [5.41, 5.74) is 0.177. The highest BCUT2D eigenvalue weighted by atomic mass is 16.3. The third kappa shape index (κ3) is 5.65. The van der Waals surface area contributed by atoms with Gasteiger partial charge in [-0.2, -0.15) is 0 Å². The Kier molecular flexibility index (Phi) is 3.46. The molecular weight excluding hydrogens is 124 g/mol. The van der Waals surface area contributed by atoms with Gasteiger partial charge in [0, 0.05) is 6.42 Å². The normalized spacial score (nSPS) is 14.3. The van der Waals surface area contributed by atoms with Crippen LogP contribution < -0.4 is 0 Å². The van der Waals surface area contributed by atoms with Crippen molar-refractivity contribution in [1.29, 1.82) is 0 Å². The molecule has 0 aromatic carbocycles. The van der Waals surface area contributed by atoms with Crippen molar-refractivity contribution in [3.63, 3.8) is 0 Å². The monoisotopic (exact) mass is 140 g/mol. The molecule has 0 aliphatic rings. The first-order valence-electron chi connectivity index (χ1n) is 3.57. The molecule has 0 spiro atoms. The highest BCUT2D eigenvalue weighted by molar-refractivity contribution is 4.87. The molecule has 1 nitrogen and oxygen atoms in total. The van der Waals surface area contributed by atoms with Gasteiger partial charge in [-0.3, -0.25) is 0 Å². The van der Waals surface area contributed by atoms with Crippen LogP contribution >= 0.6 is 0 Å². The maximum atomic E-state index is 9.24. The lowest BCUT2D eigenvalue weighted by Crippen LogP contribution is -2.16. The van der Waals surface area contributed by atoms with Crippen molar-refractivity contribution in [3.05, 3.63) is 0 Å². The number of aliphatic hydroxyl groups is 1. The Balaban J connectivity index is 3.60. The molecule has 10 heavy (non-hydrogen) atoms. The molecule has 0 heterocycles. The number of hydrogen-bond acceptors (Lipinski definition) is 1. The van der Waals surface area contributed by atoms with Gasteiger partial charge in [0.25, 0.3) is 0 Å². The molecule has 0 aliphatic carbocycles. The van der Waals surface area contributed by atoms with Crippen LogP contribution in [0.4, 0.5) is 0 Å². The van der Waals surface area contributed by atoms with Crippen molar-refractivity contribution < 1.29 is 5.11 Å². The van der Waals surface area contributed by atoms with Crippen LogP contribution in [0.2, 0.25) is 0 Å². The largest absolute Gasteiger partial charge is 0.392 e. The summed E-state index contributed by atoms with van der Waals surface area (Å²) >= 11 is 0. The molecule has 0 saturated heterocycles. The summed E-state index contributed by atoms with van der Waals surface area (Å²) in [6, 6.07) is 0. The first-order valence-corrected chi connectivity index (χ1v) is 3.57. The van der Waals surface area contributed by atoms with Gasteiger partial charge in [-0.25, -0.2) is 0 Å². The molecule has 1 atom stereocenters. The van der Waals surface area contributed by atoms with Crippen molar-refractivity contribution >= 4 is 0 Å². The lowest BCUT2D eigenvalue weighted by Gasteiger charge is -2.20. The molecule has 0 aromatic rings. The quantitative estimate of drug-likeness (QED) is 0.580. The van der Waals surface area contributed by atoms with Crippen LogP contribution in [-0.4, -0.2) is 11.2 Å². The molecule has 0 radical (unpaired) electrons. The van der Waals surface area contributed by atoms with E-state index in [4.69, 9.17) is 6.42 Å². The fourth-order valence-electron chi connectivity index (χ4n) is 0.915. The lowest BCUT2D eigenvalue weighted by atomic mass is 9.88. The first kappa shape index (κ1) is 9.52. The highest BCUT2D eigenvalue weighted by Gasteiger charge is 2.15. The van der Waals surface area contributed by atoms with E-state index < -0.39 is 0 Å². The van der Waals surface area contributed by atoms with Gasteiger partial charge >= 0.3 is 0 Å². The molecule has 0 saturated carbocycles. The topological polar surface area (TPSA) is 20.2 Å². The summed E-state index contributed by atoms with van der Waals surface area (Å²) < 4.78 is 0. The van der Waals surface area contributed by atoms with Crippen molar-refractivity contribution in [2.45, 2.75) is 39.7 Å². The van der Waals surface area contributed by atoms with Crippen LogP contribution in [0.1, 0.15) is 33.6 Å². The van der Waals surface area contributed by atoms with Crippen LogP contribution in [0.3, 0.4) is 0 Å². The second-order valence-corrected chi connectivity index (χ2v) is 3.83. The average molecular weight is 140 g/mol. The second kappa shape index (κ2) is 3.63. The summed E-state index contributed by atoms with van der Waals surface area (Å²) in [4.78, 5) is 0. The number of aliphatic hydroxyl groups excluding tert-OH is 1. The number of hydrogen-bond donors (Lipinski definition) is 1. The van der Waals surface area contributed by atoms with E-state index in [2.05, 4.69) is 26.7 Å². The van der Waals surface area contributed by atoms with Crippen LogP contribution in [0.25, 0.3) is 0 Å². The van der Waals surface area contributed by atoms with Crippen molar-refractivity contribution in [1.82, 2.24) is 0 Å². The average Bonchev–Trinajstić information content (AvgIpc) is 1.59. The minimum absolute atomic E-state index is 0.177. The van der Waals surface area contributed by atoms with E-state index in [0.29, 0.717) is 6.42 Å². The molecule has 1 unspecified atom stereocenters. The van der Waals surface area contributed by atoms with Crippen molar-refractivity contribution in [2.75, 3.05) is 0 Å². The second-order valence-electron chi connectivity index (χ2n) is 3.83. The summed E-state index contributed by atoms with van der Waals surface area (Å²) in [7, 11) is 0. The predicted molar refractivity (Wildman–Crippen MR) is 43.5 cm³/mol. The molecule has 0 aliphatic heterocycles. The molecule has 1 heteroatoms. The highest BCUT2D eigenvalue weighted by Crippen LogP contribution is 2.21. The number of terminal acetylenes is 1. The summed E-state index contributed by atoms with van der Waals surface area (Å²) in [6.45, 7) is 6.27. The third-order valence-corrected chi connectivity index (χ3v) is 1.20. The Morgan fingerprint density at radius 3 is 2.30 bits per heavy atom. The molecular formula is C9H16O. The van der Waals surface area contributed by atoms with E-state index >= 15 is 0 Å². The Morgan fingerprint density at radius 2 is 2.00 bits per heavy atom. The minimum Gasteiger partial charge on any atom is -0.392 e. The van der Waals surface area contributed by atoms with Gasteiger partial charge in [-0.15, -0.1) is 12.3 Å². The predicted octanol–water partition coefficient (Wildman–Crippen LogP) is 1.81. The van der Waals surface area contributed by atoms with Crippen LogP contribution in [0.5, 0.6) is 0 Å². The molecule has 0 aromatic heterocycles. The third-order valence-electron chi connectivity index (χ3n) is 1.20. The Hall–Kier alpha value is -0.480. The fraction of sp³-hybridized carbons (Fsp3) is 0.778. The SMILES string of the molecule is C#CCC(O)CC(C)(C)C. The standard InChI is InChI=1S/C9H16O/c1-5-6-8(10)7-9(2,3)4/h1,8,10H,6-7H2,2-4H3. The van der Waals surface area contributed by atoms with Crippen LogP contribution in [0, 0.1) is 17.8 Å². The molecule has 0 fully saturated rings. The molecule has 1 N–H and O–H groups in total. The fourth-order valence-corrected chi connectivity index (χ4v) is 0.915. The molecule has 0 amide bonds.